The first kappa shape index (κ1) is 19.1. The molecule has 0 unspecified atom stereocenters. The van der Waals surface area contributed by atoms with Crippen LogP contribution in [-0.2, 0) is 14.3 Å². The zero-order valence-corrected chi connectivity index (χ0v) is 16.7. The lowest BCUT2D eigenvalue weighted by Gasteiger charge is -2.59. The van der Waals surface area contributed by atoms with Gasteiger partial charge in [0.1, 0.15) is 0 Å². The average Bonchev–Trinajstić information content (AvgIpc) is 2.58. The van der Waals surface area contributed by atoms with Crippen molar-refractivity contribution in [1.82, 2.24) is 0 Å². The number of carbonyl (C=O) groups is 2. The summed E-state index contributed by atoms with van der Waals surface area (Å²) >= 11 is 0. The third kappa shape index (κ3) is 3.00. The van der Waals surface area contributed by atoms with E-state index in [9.17, 15) is 9.59 Å². The summed E-state index contributed by atoms with van der Waals surface area (Å²) in [5, 5.41) is 0. The van der Waals surface area contributed by atoms with Crippen LogP contribution < -0.4 is 0 Å². The van der Waals surface area contributed by atoms with E-state index in [0.29, 0.717) is 30.4 Å². The van der Waals surface area contributed by atoms with Crippen LogP contribution in [0, 0.1) is 22.7 Å². The van der Waals surface area contributed by atoms with Gasteiger partial charge in [-0.1, -0.05) is 32.9 Å². The van der Waals surface area contributed by atoms with Crippen LogP contribution in [0.25, 0.3) is 0 Å². The topological polar surface area (TPSA) is 43.4 Å². The van der Waals surface area contributed by atoms with Crippen molar-refractivity contribution in [2.24, 2.45) is 22.7 Å². The maximum Gasteiger partial charge on any atom is 0.223 e. The lowest BCUT2D eigenvalue weighted by Crippen LogP contribution is -2.50. The molecule has 3 heteroatoms. The second kappa shape index (κ2) is 6.83. The van der Waals surface area contributed by atoms with Crippen molar-refractivity contribution in [1.29, 1.82) is 0 Å². The number of rotatable bonds is 4. The van der Waals surface area contributed by atoms with Gasteiger partial charge in [-0.2, -0.15) is 0 Å². The van der Waals surface area contributed by atoms with E-state index in [1.165, 1.54) is 37.0 Å². The van der Waals surface area contributed by atoms with Crippen LogP contribution in [0.3, 0.4) is 0 Å². The average molecular weight is 357 g/mol. The molecule has 0 bridgehead atoms. The van der Waals surface area contributed by atoms with E-state index in [1.54, 1.807) is 0 Å². The Kier molecular flexibility index (Phi) is 5.02. The number of Topliss-reactive ketones (excluding diaryl/α,β-unsaturated/α-hetero) is 1. The summed E-state index contributed by atoms with van der Waals surface area (Å²) in [5.74, 6) is 0.979. The first-order valence-electron chi connectivity index (χ1n) is 10.0. The lowest BCUT2D eigenvalue weighted by molar-refractivity contribution is -0.119. The Morgan fingerprint density at radius 1 is 1.23 bits per heavy atom. The van der Waals surface area contributed by atoms with Crippen molar-refractivity contribution in [2.75, 3.05) is 6.61 Å². The molecular formula is C23H32O3. The molecule has 3 rings (SSSR count). The molecular weight excluding hydrogens is 324 g/mol. The van der Waals surface area contributed by atoms with Crippen LogP contribution in [0.1, 0.15) is 66.2 Å². The van der Waals surface area contributed by atoms with Gasteiger partial charge in [-0.25, -0.2) is 0 Å². The summed E-state index contributed by atoms with van der Waals surface area (Å²) in [6, 6.07) is 0. The maximum absolute atomic E-state index is 12.9. The normalized spacial score (nSPS) is 37.8. The Morgan fingerprint density at radius 2 is 1.96 bits per heavy atom. The molecule has 0 aliphatic heterocycles. The van der Waals surface area contributed by atoms with Gasteiger partial charge in [0, 0.05) is 11.6 Å². The van der Waals surface area contributed by atoms with Crippen LogP contribution in [0.5, 0.6) is 0 Å². The first-order chi connectivity index (χ1) is 12.2. The molecule has 2 fully saturated rings. The van der Waals surface area contributed by atoms with E-state index >= 15 is 0 Å². The fourth-order valence-electron chi connectivity index (χ4n) is 5.70. The summed E-state index contributed by atoms with van der Waals surface area (Å²) < 4.78 is 5.42. The molecule has 0 aromatic rings. The Bertz CT molecular complexity index is 698. The van der Waals surface area contributed by atoms with Crippen LogP contribution in [0.15, 0.2) is 35.6 Å². The van der Waals surface area contributed by atoms with Crippen molar-refractivity contribution in [3.05, 3.63) is 35.6 Å². The monoisotopic (exact) mass is 356 g/mol. The number of hydrogen-bond donors (Lipinski definition) is 0. The van der Waals surface area contributed by atoms with E-state index in [4.69, 9.17) is 4.74 Å². The van der Waals surface area contributed by atoms with E-state index in [2.05, 4.69) is 27.4 Å². The van der Waals surface area contributed by atoms with Gasteiger partial charge >= 0.3 is 0 Å². The molecule has 142 valence electrons. The van der Waals surface area contributed by atoms with Crippen LogP contribution >= 0.6 is 0 Å². The van der Waals surface area contributed by atoms with Gasteiger partial charge in [0.2, 0.25) is 5.78 Å². The Balaban J connectivity index is 1.92. The molecule has 0 amide bonds. The molecule has 3 aliphatic rings. The number of allylic oxidation sites excluding steroid dienone is 4. The fraction of sp³-hybridized carbons (Fsp3) is 0.652. The predicted molar refractivity (Wildman–Crippen MR) is 104 cm³/mol. The minimum Gasteiger partial charge on any atom is -0.490 e. The van der Waals surface area contributed by atoms with Gasteiger partial charge in [0.25, 0.3) is 0 Å². The summed E-state index contributed by atoms with van der Waals surface area (Å²) in [7, 11) is 0. The fourth-order valence-corrected chi connectivity index (χ4v) is 5.70. The van der Waals surface area contributed by atoms with Gasteiger partial charge in [-0.05, 0) is 74.2 Å². The number of ketones is 2. The molecule has 26 heavy (non-hydrogen) atoms. The zero-order valence-electron chi connectivity index (χ0n) is 16.7. The van der Waals surface area contributed by atoms with Gasteiger partial charge < -0.3 is 4.74 Å². The van der Waals surface area contributed by atoms with Crippen molar-refractivity contribution in [3.63, 3.8) is 0 Å². The van der Waals surface area contributed by atoms with Crippen molar-refractivity contribution in [3.8, 4) is 0 Å². The molecule has 0 heterocycles. The van der Waals surface area contributed by atoms with E-state index < -0.39 is 0 Å². The van der Waals surface area contributed by atoms with Crippen molar-refractivity contribution >= 4 is 11.6 Å². The number of ether oxygens (including phenoxy) is 1. The summed E-state index contributed by atoms with van der Waals surface area (Å²) in [4.78, 5) is 25.0. The molecule has 0 aromatic heterocycles. The molecule has 0 radical (unpaired) electrons. The van der Waals surface area contributed by atoms with Gasteiger partial charge in [-0.3, -0.25) is 9.59 Å². The predicted octanol–water partition coefficient (Wildman–Crippen LogP) is 5.17. The largest absolute Gasteiger partial charge is 0.490 e. The standard InChI is InChI=1S/C23H32O3/c1-6-26-19-13-18(24)12-17(21(19)25)14-23(5)16(3)10-11-22(4)15(2)8-7-9-20(22)23/h12-13,16,20H,2,6-11,14H2,1,3-5H3/t16-,20+,22+,23+/m1/s1. The van der Waals surface area contributed by atoms with Gasteiger partial charge in [0.15, 0.2) is 11.5 Å². The highest BCUT2D eigenvalue weighted by Gasteiger charge is 2.54. The second-order valence-corrected chi connectivity index (χ2v) is 8.93. The van der Waals surface area contributed by atoms with Crippen molar-refractivity contribution < 1.29 is 14.3 Å². The van der Waals surface area contributed by atoms with Crippen molar-refractivity contribution in [2.45, 2.75) is 66.2 Å². The van der Waals surface area contributed by atoms with E-state index in [-0.39, 0.29) is 28.2 Å². The Hall–Kier alpha value is -1.64. The number of hydrogen-bond acceptors (Lipinski definition) is 3. The molecule has 2 saturated carbocycles. The third-order valence-electron chi connectivity index (χ3n) is 7.54. The highest BCUT2D eigenvalue weighted by Crippen LogP contribution is 2.63. The molecule has 0 saturated heterocycles. The highest BCUT2D eigenvalue weighted by molar-refractivity contribution is 6.19. The smallest absolute Gasteiger partial charge is 0.223 e. The lowest BCUT2D eigenvalue weighted by atomic mass is 9.46. The molecule has 0 aromatic carbocycles. The first-order valence-corrected chi connectivity index (χ1v) is 10.0. The summed E-state index contributed by atoms with van der Waals surface area (Å²) in [6.07, 6.45) is 9.32. The van der Waals surface area contributed by atoms with Gasteiger partial charge in [0.05, 0.1) is 6.61 Å². The SMILES string of the molecule is C=C1CCC[C@@H]2[C@@](C)(CC3=CC(=O)C=C(OCC)C3=O)[C@H](C)CC[C@@]12C. The van der Waals surface area contributed by atoms with Crippen LogP contribution in [0.4, 0.5) is 0 Å². The van der Waals surface area contributed by atoms with E-state index in [0.717, 1.165) is 12.8 Å². The van der Waals surface area contributed by atoms with Crippen LogP contribution in [-0.4, -0.2) is 18.2 Å². The highest BCUT2D eigenvalue weighted by atomic mass is 16.5. The van der Waals surface area contributed by atoms with Crippen LogP contribution in [0.2, 0.25) is 0 Å². The minimum atomic E-state index is -0.133. The third-order valence-corrected chi connectivity index (χ3v) is 7.54. The maximum atomic E-state index is 12.9. The number of fused-ring (bicyclic) bond motifs is 1. The number of carbonyl (C=O) groups excluding carboxylic acids is 2. The molecule has 0 N–H and O–H groups in total. The Morgan fingerprint density at radius 3 is 2.65 bits per heavy atom. The second-order valence-electron chi connectivity index (χ2n) is 8.93. The van der Waals surface area contributed by atoms with E-state index in [1.807, 2.05) is 6.92 Å². The molecule has 4 atom stereocenters. The van der Waals surface area contributed by atoms with Gasteiger partial charge in [-0.15, -0.1) is 0 Å². The summed E-state index contributed by atoms with van der Waals surface area (Å²) in [5.41, 5.74) is 2.14. The zero-order chi connectivity index (χ0) is 19.1. The molecule has 0 spiro atoms. The molecule has 3 aliphatic carbocycles. The summed E-state index contributed by atoms with van der Waals surface area (Å²) in [6.45, 7) is 13.6. The Labute approximate surface area is 157 Å². The quantitative estimate of drug-likeness (QED) is 0.515. The molecule has 3 nitrogen and oxygen atoms in total. The minimum absolute atomic E-state index is 0.00714.